The molecule has 7 nitrogen and oxygen atoms in total. The van der Waals surface area contributed by atoms with Crippen LogP contribution in [0.5, 0.6) is 5.75 Å². The topological polar surface area (TPSA) is 85.5 Å². The number of ether oxygens (including phenoxy) is 2. The first-order valence-corrected chi connectivity index (χ1v) is 10.2. The Kier molecular flexibility index (Phi) is 5.94. The highest BCUT2D eigenvalue weighted by Gasteiger charge is 2.37. The second kappa shape index (κ2) is 8.51. The molecule has 3 heterocycles. The van der Waals surface area contributed by atoms with Crippen LogP contribution in [0.4, 0.5) is 30.6 Å². The molecule has 0 aliphatic carbocycles. The number of hydrogen-bond donors (Lipinski definition) is 2. The molecule has 2 aromatic rings. The Bertz CT molecular complexity index is 903. The Hall–Kier alpha value is -2.59. The zero-order valence-electron chi connectivity index (χ0n) is 17.3. The highest BCUT2D eigenvalue weighted by molar-refractivity contribution is 5.58. The Morgan fingerprint density at radius 1 is 1.29 bits per heavy atom. The van der Waals surface area contributed by atoms with Gasteiger partial charge in [-0.05, 0) is 37.1 Å². The third kappa shape index (κ3) is 5.19. The SMILES string of the molecule is CC1(COc2ccc(Nc3ncc(C(F)(F)F)c(N4CCC[C@@H](N)C4)n3)cc2)COC1. The van der Waals surface area contributed by atoms with Gasteiger partial charge in [0, 0.05) is 36.4 Å². The lowest BCUT2D eigenvalue weighted by Crippen LogP contribution is -2.44. The number of nitrogens with two attached hydrogens (primary N) is 1. The molecule has 2 aliphatic heterocycles. The summed E-state index contributed by atoms with van der Waals surface area (Å²) < 4.78 is 51.5. The van der Waals surface area contributed by atoms with E-state index in [9.17, 15) is 13.2 Å². The van der Waals surface area contributed by atoms with Crippen LogP contribution < -0.4 is 20.7 Å². The third-order valence-electron chi connectivity index (χ3n) is 5.43. The highest BCUT2D eigenvalue weighted by Crippen LogP contribution is 2.36. The van der Waals surface area contributed by atoms with Gasteiger partial charge in [-0.1, -0.05) is 6.92 Å². The van der Waals surface area contributed by atoms with Crippen molar-refractivity contribution >= 4 is 17.5 Å². The van der Waals surface area contributed by atoms with Crippen LogP contribution in [0.1, 0.15) is 25.3 Å². The van der Waals surface area contributed by atoms with E-state index in [0.29, 0.717) is 44.3 Å². The average molecular weight is 437 g/mol. The third-order valence-corrected chi connectivity index (χ3v) is 5.43. The molecule has 31 heavy (non-hydrogen) atoms. The molecule has 2 fully saturated rings. The Morgan fingerprint density at radius 2 is 2.03 bits per heavy atom. The molecule has 0 unspecified atom stereocenters. The summed E-state index contributed by atoms with van der Waals surface area (Å²) in [6.45, 7) is 4.83. The van der Waals surface area contributed by atoms with E-state index in [-0.39, 0.29) is 23.2 Å². The number of piperidine rings is 1. The van der Waals surface area contributed by atoms with Crippen LogP contribution in [0.2, 0.25) is 0 Å². The molecule has 3 N–H and O–H groups in total. The van der Waals surface area contributed by atoms with Gasteiger partial charge >= 0.3 is 6.18 Å². The molecule has 0 bridgehead atoms. The van der Waals surface area contributed by atoms with Crippen LogP contribution in [0.25, 0.3) is 0 Å². The van der Waals surface area contributed by atoms with Gasteiger partial charge in [0.1, 0.15) is 17.1 Å². The van der Waals surface area contributed by atoms with Crippen molar-refractivity contribution in [1.29, 1.82) is 0 Å². The zero-order valence-corrected chi connectivity index (χ0v) is 17.3. The Morgan fingerprint density at radius 3 is 2.65 bits per heavy atom. The maximum atomic E-state index is 13.5. The van der Waals surface area contributed by atoms with E-state index in [2.05, 4.69) is 22.2 Å². The van der Waals surface area contributed by atoms with Crippen molar-refractivity contribution in [2.24, 2.45) is 11.1 Å². The summed E-state index contributed by atoms with van der Waals surface area (Å²) in [5, 5.41) is 2.97. The molecule has 1 aromatic carbocycles. The minimum absolute atomic E-state index is 0.0401. The normalized spacial score (nSPS) is 20.8. The highest BCUT2D eigenvalue weighted by atomic mass is 19.4. The molecule has 0 radical (unpaired) electrons. The molecular formula is C21H26F3N5O2. The molecule has 10 heteroatoms. The van der Waals surface area contributed by atoms with E-state index >= 15 is 0 Å². The number of benzene rings is 1. The summed E-state index contributed by atoms with van der Waals surface area (Å²) in [5.74, 6) is 0.654. The van der Waals surface area contributed by atoms with Gasteiger partial charge in [-0.15, -0.1) is 0 Å². The molecule has 4 rings (SSSR count). The minimum Gasteiger partial charge on any atom is -0.493 e. The minimum atomic E-state index is -4.55. The van der Waals surface area contributed by atoms with E-state index in [4.69, 9.17) is 15.2 Å². The first-order chi connectivity index (χ1) is 14.7. The van der Waals surface area contributed by atoms with Gasteiger partial charge in [0.25, 0.3) is 0 Å². The van der Waals surface area contributed by atoms with Crippen LogP contribution in [0.15, 0.2) is 30.5 Å². The van der Waals surface area contributed by atoms with Crippen LogP contribution in [-0.2, 0) is 10.9 Å². The molecule has 2 aliphatic rings. The Labute approximate surface area is 178 Å². The van der Waals surface area contributed by atoms with E-state index in [0.717, 1.165) is 19.0 Å². The van der Waals surface area contributed by atoms with Gasteiger partial charge in [-0.2, -0.15) is 18.2 Å². The smallest absolute Gasteiger partial charge is 0.421 e. The summed E-state index contributed by atoms with van der Waals surface area (Å²) >= 11 is 0. The number of rotatable bonds is 6. The maximum Gasteiger partial charge on any atom is 0.421 e. The van der Waals surface area contributed by atoms with Crippen molar-refractivity contribution < 1.29 is 22.6 Å². The standard InChI is InChI=1S/C21H26F3N5O2/c1-20(11-30-12-20)13-31-16-6-4-15(5-7-16)27-19-26-9-17(21(22,23)24)18(28-19)29-8-2-3-14(25)10-29/h4-7,9,14H,2-3,8,10-13,25H2,1H3,(H,26,27,28)/t14-/m1/s1. The van der Waals surface area contributed by atoms with E-state index in [1.165, 1.54) is 0 Å². The first kappa shape index (κ1) is 21.6. The summed E-state index contributed by atoms with van der Waals surface area (Å²) in [6, 6.07) is 6.95. The van der Waals surface area contributed by atoms with Gasteiger partial charge in [-0.3, -0.25) is 0 Å². The molecule has 1 aromatic heterocycles. The van der Waals surface area contributed by atoms with E-state index in [1.807, 2.05) is 0 Å². The molecule has 2 saturated heterocycles. The van der Waals surface area contributed by atoms with Crippen molar-refractivity contribution in [1.82, 2.24) is 9.97 Å². The number of hydrogen-bond acceptors (Lipinski definition) is 7. The van der Waals surface area contributed by atoms with Gasteiger partial charge in [0.05, 0.1) is 19.8 Å². The van der Waals surface area contributed by atoms with Gasteiger partial charge < -0.3 is 25.4 Å². The molecular weight excluding hydrogens is 411 g/mol. The Balaban J connectivity index is 1.48. The number of aromatic nitrogens is 2. The van der Waals surface area contributed by atoms with Crippen LogP contribution in [0, 0.1) is 5.41 Å². The van der Waals surface area contributed by atoms with Crippen LogP contribution in [-0.4, -0.2) is 48.9 Å². The fourth-order valence-electron chi connectivity index (χ4n) is 3.63. The van der Waals surface area contributed by atoms with Crippen molar-refractivity contribution in [2.45, 2.75) is 32.0 Å². The van der Waals surface area contributed by atoms with E-state index < -0.39 is 11.7 Å². The lowest BCUT2D eigenvalue weighted by molar-refractivity contribution is -0.137. The summed E-state index contributed by atoms with van der Waals surface area (Å²) in [5.41, 5.74) is 5.79. The number of nitrogens with zero attached hydrogens (tertiary/aromatic N) is 3. The monoisotopic (exact) mass is 437 g/mol. The molecule has 0 spiro atoms. The summed E-state index contributed by atoms with van der Waals surface area (Å²) in [7, 11) is 0. The second-order valence-corrected chi connectivity index (χ2v) is 8.52. The van der Waals surface area contributed by atoms with Crippen molar-refractivity contribution in [3.8, 4) is 5.75 Å². The van der Waals surface area contributed by atoms with E-state index in [1.54, 1.807) is 29.2 Å². The number of nitrogens with one attached hydrogen (secondary N) is 1. The van der Waals surface area contributed by atoms with Crippen LogP contribution in [0.3, 0.4) is 0 Å². The molecule has 0 amide bonds. The molecule has 168 valence electrons. The number of anilines is 3. The predicted octanol–water partition coefficient (Wildman–Crippen LogP) is 3.58. The quantitative estimate of drug-likeness (QED) is 0.714. The lowest BCUT2D eigenvalue weighted by Gasteiger charge is -2.37. The number of alkyl halides is 3. The zero-order chi connectivity index (χ0) is 22.1. The van der Waals surface area contributed by atoms with Crippen molar-refractivity contribution in [3.05, 3.63) is 36.0 Å². The fraction of sp³-hybridized carbons (Fsp3) is 0.524. The van der Waals surface area contributed by atoms with Gasteiger partial charge in [0.15, 0.2) is 0 Å². The van der Waals surface area contributed by atoms with Gasteiger partial charge in [-0.25, -0.2) is 4.98 Å². The fourth-order valence-corrected chi connectivity index (χ4v) is 3.63. The van der Waals surface area contributed by atoms with Gasteiger partial charge in [0.2, 0.25) is 5.95 Å². The lowest BCUT2D eigenvalue weighted by atomic mass is 9.90. The van der Waals surface area contributed by atoms with Crippen molar-refractivity contribution in [3.63, 3.8) is 0 Å². The first-order valence-electron chi connectivity index (χ1n) is 10.2. The summed E-state index contributed by atoms with van der Waals surface area (Å²) in [6.07, 6.45) is -2.22. The maximum absolute atomic E-state index is 13.5. The largest absolute Gasteiger partial charge is 0.493 e. The summed E-state index contributed by atoms with van der Waals surface area (Å²) in [4.78, 5) is 9.65. The van der Waals surface area contributed by atoms with Crippen LogP contribution >= 0.6 is 0 Å². The van der Waals surface area contributed by atoms with Crippen molar-refractivity contribution in [2.75, 3.05) is 43.1 Å². The molecule has 1 atom stereocenters. The molecule has 0 saturated carbocycles. The predicted molar refractivity (Wildman–Crippen MR) is 111 cm³/mol. The number of halogens is 3. The second-order valence-electron chi connectivity index (χ2n) is 8.52. The average Bonchev–Trinajstić information content (AvgIpc) is 2.71.